The normalized spacial score (nSPS) is 14.9. The average molecular weight is 335 g/mol. The van der Waals surface area contributed by atoms with Crippen molar-refractivity contribution in [2.75, 3.05) is 5.32 Å². The van der Waals surface area contributed by atoms with Crippen molar-refractivity contribution in [3.05, 3.63) is 29.3 Å². The van der Waals surface area contributed by atoms with E-state index in [0.29, 0.717) is 17.4 Å². The van der Waals surface area contributed by atoms with Crippen LogP contribution in [0, 0.1) is 29.6 Å². The molecule has 1 aliphatic rings. The molecule has 7 nitrogen and oxygen atoms in total. The van der Waals surface area contributed by atoms with Gasteiger partial charge in [0.25, 0.3) is 0 Å². The van der Waals surface area contributed by atoms with Crippen molar-refractivity contribution in [2.45, 2.75) is 57.9 Å². The Morgan fingerprint density at radius 2 is 2.00 bits per heavy atom. The summed E-state index contributed by atoms with van der Waals surface area (Å²) in [5, 5.41) is 26.2. The van der Waals surface area contributed by atoms with Crippen molar-refractivity contribution in [3.63, 3.8) is 0 Å². The van der Waals surface area contributed by atoms with Crippen LogP contribution in [0.15, 0.2) is 12.4 Å². The molecule has 25 heavy (non-hydrogen) atoms. The van der Waals surface area contributed by atoms with E-state index >= 15 is 0 Å². The summed E-state index contributed by atoms with van der Waals surface area (Å²) in [5.74, 6) is 0.790. The van der Waals surface area contributed by atoms with Crippen molar-refractivity contribution in [1.29, 1.82) is 10.5 Å². The molecule has 0 atom stereocenters. The van der Waals surface area contributed by atoms with Crippen molar-refractivity contribution in [1.82, 2.24) is 19.7 Å². The van der Waals surface area contributed by atoms with Crippen LogP contribution >= 0.6 is 0 Å². The largest absolute Gasteiger partial charge is 0.321 e. The van der Waals surface area contributed by atoms with E-state index in [1.54, 1.807) is 30.9 Å². The molecule has 128 valence electrons. The SMILES string of the molecule is Cc1nn(C(C)(C)C#N)cc1Nc1ncc(C#N)c(C2CCCC2)n1. The zero-order valence-corrected chi connectivity index (χ0v) is 14.7. The fourth-order valence-corrected chi connectivity index (χ4v) is 3.09. The lowest BCUT2D eigenvalue weighted by molar-refractivity contribution is 0.416. The Balaban J connectivity index is 1.90. The summed E-state index contributed by atoms with van der Waals surface area (Å²) in [6, 6.07) is 4.43. The second-order valence-corrected chi connectivity index (χ2v) is 6.95. The third-order valence-corrected chi connectivity index (χ3v) is 4.67. The van der Waals surface area contributed by atoms with Crippen LogP contribution in [-0.2, 0) is 5.54 Å². The first kappa shape index (κ1) is 16.9. The molecule has 0 aliphatic heterocycles. The molecule has 0 unspecified atom stereocenters. The number of nitrogens with zero attached hydrogens (tertiary/aromatic N) is 6. The Morgan fingerprint density at radius 1 is 1.28 bits per heavy atom. The van der Waals surface area contributed by atoms with E-state index in [1.165, 1.54) is 12.8 Å². The van der Waals surface area contributed by atoms with Crippen LogP contribution in [-0.4, -0.2) is 19.7 Å². The second kappa shape index (κ2) is 6.52. The standard InChI is InChI=1S/C18H21N7/c1-12-15(10-25(24-12)18(2,3)11-20)22-17-21-9-14(8-19)16(23-17)13-6-4-5-7-13/h9-10,13H,4-7H2,1-3H3,(H,21,22,23). The number of nitrogens with one attached hydrogen (secondary N) is 1. The zero-order chi connectivity index (χ0) is 18.0. The molecule has 1 aliphatic carbocycles. The van der Waals surface area contributed by atoms with E-state index in [-0.39, 0.29) is 0 Å². The van der Waals surface area contributed by atoms with Gasteiger partial charge in [0, 0.05) is 5.92 Å². The molecule has 1 saturated carbocycles. The van der Waals surface area contributed by atoms with Crippen LogP contribution in [0.25, 0.3) is 0 Å². The fraction of sp³-hybridized carbons (Fsp3) is 0.500. The topological polar surface area (TPSA) is 103 Å². The molecular weight excluding hydrogens is 314 g/mol. The molecule has 3 rings (SSSR count). The first-order valence-electron chi connectivity index (χ1n) is 8.46. The Bertz CT molecular complexity index is 861. The number of hydrogen-bond acceptors (Lipinski definition) is 6. The molecule has 7 heteroatoms. The highest BCUT2D eigenvalue weighted by molar-refractivity contribution is 5.56. The fourth-order valence-electron chi connectivity index (χ4n) is 3.09. The van der Waals surface area contributed by atoms with Crippen LogP contribution in [0.5, 0.6) is 0 Å². The first-order valence-corrected chi connectivity index (χ1v) is 8.46. The summed E-state index contributed by atoms with van der Waals surface area (Å²) in [4.78, 5) is 8.87. The van der Waals surface area contributed by atoms with Gasteiger partial charge in [-0.3, -0.25) is 4.68 Å². The molecule has 1 fully saturated rings. The van der Waals surface area contributed by atoms with Gasteiger partial charge in [0.15, 0.2) is 0 Å². The molecule has 0 amide bonds. The summed E-state index contributed by atoms with van der Waals surface area (Å²) in [7, 11) is 0. The maximum atomic E-state index is 9.33. The molecule has 1 N–H and O–H groups in total. The third kappa shape index (κ3) is 3.32. The lowest BCUT2D eigenvalue weighted by atomic mass is 10.0. The van der Waals surface area contributed by atoms with Gasteiger partial charge in [-0.05, 0) is 33.6 Å². The van der Waals surface area contributed by atoms with Crippen LogP contribution in [0.3, 0.4) is 0 Å². The number of nitriles is 2. The monoisotopic (exact) mass is 335 g/mol. The van der Waals surface area contributed by atoms with Crippen molar-refractivity contribution in [2.24, 2.45) is 0 Å². The highest BCUT2D eigenvalue weighted by atomic mass is 15.3. The van der Waals surface area contributed by atoms with Crippen LogP contribution in [0.4, 0.5) is 11.6 Å². The van der Waals surface area contributed by atoms with Gasteiger partial charge in [0.2, 0.25) is 5.95 Å². The number of aryl methyl sites for hydroxylation is 1. The predicted molar refractivity (Wildman–Crippen MR) is 93.1 cm³/mol. The van der Waals surface area contributed by atoms with Gasteiger partial charge in [-0.1, -0.05) is 12.8 Å². The van der Waals surface area contributed by atoms with Gasteiger partial charge in [0.1, 0.15) is 11.6 Å². The molecule has 0 radical (unpaired) electrons. The van der Waals surface area contributed by atoms with Gasteiger partial charge in [0.05, 0.1) is 41.1 Å². The quantitative estimate of drug-likeness (QED) is 0.917. The number of aromatic nitrogens is 4. The van der Waals surface area contributed by atoms with Crippen molar-refractivity contribution < 1.29 is 0 Å². The van der Waals surface area contributed by atoms with Crippen LogP contribution in [0.1, 0.15) is 62.4 Å². The molecular formula is C18H21N7. The summed E-state index contributed by atoms with van der Waals surface area (Å²) < 4.78 is 1.63. The van der Waals surface area contributed by atoms with E-state index in [1.807, 2.05) is 6.92 Å². The van der Waals surface area contributed by atoms with Crippen molar-refractivity contribution >= 4 is 11.6 Å². The third-order valence-electron chi connectivity index (χ3n) is 4.67. The van der Waals surface area contributed by atoms with E-state index < -0.39 is 5.54 Å². The maximum absolute atomic E-state index is 9.33. The van der Waals surface area contributed by atoms with Gasteiger partial charge in [-0.25, -0.2) is 9.97 Å². The second-order valence-electron chi connectivity index (χ2n) is 6.95. The Morgan fingerprint density at radius 3 is 2.64 bits per heavy atom. The Kier molecular flexibility index (Phi) is 4.41. The minimum absolute atomic E-state index is 0.333. The molecule has 0 saturated heterocycles. The minimum Gasteiger partial charge on any atom is -0.321 e. The van der Waals surface area contributed by atoms with E-state index in [4.69, 9.17) is 0 Å². The predicted octanol–water partition coefficient (Wildman–Crippen LogP) is 3.51. The average Bonchev–Trinajstić information content (AvgIpc) is 3.26. The molecule has 0 spiro atoms. The van der Waals surface area contributed by atoms with E-state index in [0.717, 1.165) is 29.9 Å². The van der Waals surface area contributed by atoms with E-state index in [2.05, 4.69) is 32.5 Å². The number of rotatable bonds is 4. The van der Waals surface area contributed by atoms with Crippen molar-refractivity contribution in [3.8, 4) is 12.1 Å². The summed E-state index contributed by atoms with van der Waals surface area (Å²) in [6.45, 7) is 5.48. The minimum atomic E-state index is -0.731. The Hall–Kier alpha value is -2.93. The zero-order valence-electron chi connectivity index (χ0n) is 14.7. The maximum Gasteiger partial charge on any atom is 0.227 e. The van der Waals surface area contributed by atoms with E-state index in [9.17, 15) is 10.5 Å². The van der Waals surface area contributed by atoms with Gasteiger partial charge in [-0.2, -0.15) is 15.6 Å². The number of hydrogen-bond donors (Lipinski definition) is 1. The lowest BCUT2D eigenvalue weighted by Crippen LogP contribution is -2.24. The van der Waals surface area contributed by atoms with Gasteiger partial charge < -0.3 is 5.32 Å². The highest BCUT2D eigenvalue weighted by Crippen LogP contribution is 2.35. The van der Waals surface area contributed by atoms with Gasteiger partial charge >= 0.3 is 0 Å². The molecule has 0 bridgehead atoms. The Labute approximate surface area is 147 Å². The van der Waals surface area contributed by atoms with Crippen LogP contribution < -0.4 is 5.32 Å². The summed E-state index contributed by atoms with van der Waals surface area (Å²) in [6.07, 6.45) is 7.86. The van der Waals surface area contributed by atoms with Crippen LogP contribution in [0.2, 0.25) is 0 Å². The summed E-state index contributed by atoms with van der Waals surface area (Å²) >= 11 is 0. The molecule has 2 aromatic heterocycles. The lowest BCUT2D eigenvalue weighted by Gasteiger charge is -2.15. The molecule has 2 heterocycles. The van der Waals surface area contributed by atoms with Gasteiger partial charge in [-0.15, -0.1) is 0 Å². The molecule has 2 aromatic rings. The first-order chi connectivity index (χ1) is 11.9. The smallest absolute Gasteiger partial charge is 0.227 e. The molecule has 0 aromatic carbocycles. The highest BCUT2D eigenvalue weighted by Gasteiger charge is 2.24. The summed E-state index contributed by atoms with van der Waals surface area (Å²) in [5.41, 5.74) is 2.17. The number of anilines is 2.